The van der Waals surface area contributed by atoms with Crippen LogP contribution in [0.5, 0.6) is 0 Å². The first kappa shape index (κ1) is 13.7. The van der Waals surface area contributed by atoms with E-state index in [1.165, 1.54) is 35.1 Å². The Labute approximate surface area is 190 Å². The lowest BCUT2D eigenvalue weighted by Crippen LogP contribution is -2.14. The molecular formula is C21H23N7O2S. The Hall–Kier alpha value is -3.50. The third-order valence-electron chi connectivity index (χ3n) is 4.53. The second kappa shape index (κ2) is 7.64. The second-order valence-electron chi connectivity index (χ2n) is 6.69. The van der Waals surface area contributed by atoms with Crippen LogP contribution in [0, 0.1) is 13.8 Å². The van der Waals surface area contributed by atoms with Gasteiger partial charge in [0, 0.05) is 49.5 Å². The zero-order chi connectivity index (χ0) is 28.0. The number of hydrogen-bond acceptors (Lipinski definition) is 7. The minimum Gasteiger partial charge on any atom is -0.329 e. The number of nitrogens with one attached hydrogen (secondary N) is 1. The van der Waals surface area contributed by atoms with Gasteiger partial charge in [-0.25, -0.2) is 18.5 Å². The highest BCUT2D eigenvalue weighted by Crippen LogP contribution is 2.28. The lowest BCUT2D eigenvalue weighted by molar-refractivity contribution is 0.597. The Morgan fingerprint density at radius 3 is 2.90 bits per heavy atom. The standard InChI is InChI=1S/C21H23N7O2S/c1-13-5-6-15(11-19(13)31(22,29)30)24-21-23-10-9-20(25-21)27(3)16-7-8-17-14(2)28(4)26-18(17)12-16/h5-12H,1-4H3,(H2,22,29,30)(H,23,24,25)/i2D,3D3,4D,7D,12D. The molecule has 0 atom stereocenters. The molecule has 0 saturated carbocycles. The molecule has 2 heterocycles. The van der Waals surface area contributed by atoms with Gasteiger partial charge in [0.2, 0.25) is 16.0 Å². The van der Waals surface area contributed by atoms with Gasteiger partial charge in [0.15, 0.2) is 0 Å². The van der Waals surface area contributed by atoms with Crippen LogP contribution in [0.1, 0.15) is 20.9 Å². The van der Waals surface area contributed by atoms with Gasteiger partial charge < -0.3 is 10.2 Å². The average molecular weight is 445 g/mol. The monoisotopic (exact) mass is 444 g/mol. The van der Waals surface area contributed by atoms with Crippen molar-refractivity contribution in [3.8, 4) is 0 Å². The molecule has 3 N–H and O–H groups in total. The molecule has 0 saturated heterocycles. The molecule has 0 radical (unpaired) electrons. The van der Waals surface area contributed by atoms with Crippen LogP contribution in [-0.4, -0.2) is 35.1 Å². The normalized spacial score (nSPS) is 15.2. The molecule has 0 fully saturated rings. The number of benzene rings is 2. The first-order valence-corrected chi connectivity index (χ1v) is 10.4. The highest BCUT2D eigenvalue weighted by atomic mass is 32.2. The minimum absolute atomic E-state index is 0.0577. The molecule has 10 heteroatoms. The van der Waals surface area contributed by atoms with E-state index >= 15 is 0 Å². The van der Waals surface area contributed by atoms with E-state index in [-0.39, 0.29) is 59.6 Å². The number of anilines is 4. The van der Waals surface area contributed by atoms with Gasteiger partial charge in [0.05, 0.1) is 13.2 Å². The van der Waals surface area contributed by atoms with E-state index < -0.39 is 17.0 Å². The Balaban J connectivity index is 1.83. The molecule has 0 unspecified atom stereocenters. The number of rotatable bonds is 5. The van der Waals surface area contributed by atoms with Crippen molar-refractivity contribution >= 4 is 44.1 Å². The lowest BCUT2D eigenvalue weighted by atomic mass is 10.2. The quantitative estimate of drug-likeness (QED) is 0.485. The molecule has 160 valence electrons. The van der Waals surface area contributed by atoms with E-state index in [0.29, 0.717) is 16.6 Å². The number of fused-ring (bicyclic) bond motifs is 1. The zero-order valence-electron chi connectivity index (χ0n) is 23.4. The van der Waals surface area contributed by atoms with Crippen LogP contribution >= 0.6 is 0 Å². The van der Waals surface area contributed by atoms with Crippen molar-refractivity contribution in [3.05, 3.63) is 59.9 Å². The number of sulfonamides is 1. The van der Waals surface area contributed by atoms with Crippen LogP contribution in [0.15, 0.2) is 53.5 Å². The van der Waals surface area contributed by atoms with E-state index in [9.17, 15) is 8.42 Å². The molecule has 9 nitrogen and oxygen atoms in total. The van der Waals surface area contributed by atoms with Crippen molar-refractivity contribution in [1.82, 2.24) is 19.7 Å². The molecule has 4 rings (SSSR count). The van der Waals surface area contributed by atoms with Gasteiger partial charge in [0.25, 0.3) is 0 Å². The smallest absolute Gasteiger partial charge is 0.238 e. The van der Waals surface area contributed by atoms with Crippen LogP contribution in [0.4, 0.5) is 23.1 Å². The van der Waals surface area contributed by atoms with E-state index in [1.54, 1.807) is 13.0 Å². The summed E-state index contributed by atoms with van der Waals surface area (Å²) in [5, 5.41) is 12.6. The predicted molar refractivity (Wildman–Crippen MR) is 121 cm³/mol. The summed E-state index contributed by atoms with van der Waals surface area (Å²) in [5.74, 6) is -0.238. The van der Waals surface area contributed by atoms with E-state index in [1.807, 2.05) is 0 Å². The number of aryl methyl sites for hydroxylation is 3. The van der Waals surface area contributed by atoms with Gasteiger partial charge in [0.1, 0.15) is 5.82 Å². The average Bonchev–Trinajstić information content (AvgIpc) is 3.19. The highest BCUT2D eigenvalue weighted by Gasteiger charge is 2.14. The third kappa shape index (κ3) is 4.07. The van der Waals surface area contributed by atoms with Crippen LogP contribution in [-0.2, 0) is 17.0 Å². The summed E-state index contributed by atoms with van der Waals surface area (Å²) >= 11 is 0. The molecule has 0 aliphatic carbocycles. The van der Waals surface area contributed by atoms with E-state index in [2.05, 4.69) is 20.4 Å². The largest absolute Gasteiger partial charge is 0.329 e. The van der Waals surface area contributed by atoms with Crippen LogP contribution in [0.3, 0.4) is 0 Å². The summed E-state index contributed by atoms with van der Waals surface area (Å²) < 4.78 is 82.0. The maximum absolute atomic E-state index is 11.9. The maximum Gasteiger partial charge on any atom is 0.238 e. The first-order chi connectivity index (χ1) is 17.8. The summed E-state index contributed by atoms with van der Waals surface area (Å²) in [6.07, 6.45) is 1.27. The fraction of sp³-hybridized carbons (Fsp3) is 0.190. The zero-order valence-corrected chi connectivity index (χ0v) is 17.2. The Morgan fingerprint density at radius 1 is 1.29 bits per heavy atom. The first-order valence-electron chi connectivity index (χ1n) is 12.8. The Bertz CT molecular complexity index is 1640. The minimum atomic E-state index is -3.99. The summed E-state index contributed by atoms with van der Waals surface area (Å²) in [7, 11) is -4.30. The molecule has 0 spiro atoms. The van der Waals surface area contributed by atoms with Gasteiger partial charge in [-0.05, 0) is 55.7 Å². The fourth-order valence-corrected chi connectivity index (χ4v) is 3.73. The Morgan fingerprint density at radius 2 is 2.16 bits per heavy atom. The van der Waals surface area contributed by atoms with E-state index in [4.69, 9.17) is 14.7 Å². The predicted octanol–water partition coefficient (Wildman–Crippen LogP) is 3.14. The summed E-state index contributed by atoms with van der Waals surface area (Å²) in [6, 6.07) is 6.36. The molecular weight excluding hydrogens is 414 g/mol. The maximum atomic E-state index is 11.9. The van der Waals surface area contributed by atoms with Gasteiger partial charge in [-0.3, -0.25) is 4.68 Å². The number of nitrogens with zero attached hydrogens (tertiary/aromatic N) is 5. The van der Waals surface area contributed by atoms with E-state index in [0.717, 1.165) is 4.90 Å². The van der Waals surface area contributed by atoms with Crippen molar-refractivity contribution < 1.29 is 18.0 Å². The van der Waals surface area contributed by atoms with Crippen LogP contribution in [0.2, 0.25) is 0 Å². The topological polar surface area (TPSA) is 119 Å². The van der Waals surface area contributed by atoms with Crippen molar-refractivity contribution in [2.45, 2.75) is 18.7 Å². The number of aromatic nitrogens is 4. The van der Waals surface area contributed by atoms with Gasteiger partial charge >= 0.3 is 0 Å². The molecule has 0 bridgehead atoms. The summed E-state index contributed by atoms with van der Waals surface area (Å²) in [4.78, 5) is 8.97. The SMILES string of the molecule is [2H]Cc1c2cc([2H])c(N(c3ccnc(Nc4ccc(C)c(S(N)(=O)=O)c4)n3)C([2H])([2H])[2H])c([2H])c2nn1C[2H]. The summed E-state index contributed by atoms with van der Waals surface area (Å²) in [6.45, 7) is -1.53. The molecule has 2 aromatic carbocycles. The van der Waals surface area contributed by atoms with Crippen molar-refractivity contribution in [2.24, 2.45) is 12.2 Å². The molecule has 2 aromatic heterocycles. The third-order valence-corrected chi connectivity index (χ3v) is 5.59. The van der Waals surface area contributed by atoms with Crippen molar-refractivity contribution in [2.75, 3.05) is 17.2 Å². The van der Waals surface area contributed by atoms with Crippen molar-refractivity contribution in [1.29, 1.82) is 0 Å². The lowest BCUT2D eigenvalue weighted by Gasteiger charge is -2.19. The van der Waals surface area contributed by atoms with Crippen LogP contribution < -0.4 is 15.4 Å². The molecule has 0 amide bonds. The van der Waals surface area contributed by atoms with Crippen molar-refractivity contribution in [3.63, 3.8) is 0 Å². The number of primary sulfonamides is 1. The van der Waals surface area contributed by atoms with Crippen LogP contribution in [0.25, 0.3) is 10.9 Å². The fourth-order valence-electron chi connectivity index (χ4n) is 2.93. The number of hydrogen-bond donors (Lipinski definition) is 2. The Kier molecular flexibility index (Phi) is 3.38. The molecule has 4 aromatic rings. The van der Waals surface area contributed by atoms with Gasteiger partial charge in [-0.1, -0.05) is 6.07 Å². The second-order valence-corrected chi connectivity index (χ2v) is 8.22. The molecule has 0 aliphatic rings. The highest BCUT2D eigenvalue weighted by molar-refractivity contribution is 7.89. The summed E-state index contributed by atoms with van der Waals surface area (Å²) in [5.41, 5.74) is 0.825. The molecule has 0 aliphatic heterocycles. The van der Waals surface area contributed by atoms with Gasteiger partial charge in [-0.15, -0.1) is 0 Å². The molecule has 31 heavy (non-hydrogen) atoms. The number of nitrogens with two attached hydrogens (primary N) is 1. The van der Waals surface area contributed by atoms with Gasteiger partial charge in [-0.2, -0.15) is 10.1 Å².